The van der Waals surface area contributed by atoms with Crippen LogP contribution in [0.25, 0.3) is 0 Å². The molecule has 0 radical (unpaired) electrons. The van der Waals surface area contributed by atoms with Crippen molar-refractivity contribution in [3.63, 3.8) is 0 Å². The molecule has 2 saturated heterocycles. The van der Waals surface area contributed by atoms with Gasteiger partial charge in [-0.3, -0.25) is 9.59 Å². The third-order valence-corrected chi connectivity index (χ3v) is 6.02. The SMILES string of the molecule is O=C(O)C1C2C(=O)N(Cc3ccccc3)CC23C=CC1(c1ccccc1)O3. The molecular formula is C22H19NO4. The van der Waals surface area contributed by atoms with E-state index < -0.39 is 29.0 Å². The molecule has 4 unspecified atom stereocenters. The van der Waals surface area contributed by atoms with E-state index in [4.69, 9.17) is 4.74 Å². The van der Waals surface area contributed by atoms with Crippen LogP contribution in [0.5, 0.6) is 0 Å². The lowest BCUT2D eigenvalue weighted by atomic mass is 9.69. The molecular weight excluding hydrogens is 342 g/mol. The minimum atomic E-state index is -1.08. The maximum atomic E-state index is 13.2. The van der Waals surface area contributed by atoms with Crippen molar-refractivity contribution in [1.29, 1.82) is 0 Å². The lowest BCUT2D eigenvalue weighted by Gasteiger charge is -2.31. The second kappa shape index (κ2) is 5.54. The normalized spacial score (nSPS) is 33.5. The Morgan fingerprint density at radius 1 is 1.07 bits per heavy atom. The average Bonchev–Trinajstić information content (AvgIpc) is 3.29. The van der Waals surface area contributed by atoms with Crippen LogP contribution in [0.3, 0.4) is 0 Å². The molecule has 3 aliphatic heterocycles. The number of aliphatic carboxylic acids is 1. The first-order chi connectivity index (χ1) is 13.1. The van der Waals surface area contributed by atoms with Gasteiger partial charge in [-0.05, 0) is 17.2 Å². The summed E-state index contributed by atoms with van der Waals surface area (Å²) in [7, 11) is 0. The summed E-state index contributed by atoms with van der Waals surface area (Å²) in [4.78, 5) is 27.2. The minimum Gasteiger partial charge on any atom is -0.481 e. The van der Waals surface area contributed by atoms with Crippen LogP contribution in [0.4, 0.5) is 0 Å². The second-order valence-electron chi connectivity index (χ2n) is 7.52. The molecule has 5 heteroatoms. The molecule has 5 rings (SSSR count). The van der Waals surface area contributed by atoms with E-state index in [0.717, 1.165) is 11.1 Å². The Balaban J connectivity index is 1.53. The maximum absolute atomic E-state index is 13.2. The maximum Gasteiger partial charge on any atom is 0.311 e. The van der Waals surface area contributed by atoms with E-state index in [1.165, 1.54) is 0 Å². The van der Waals surface area contributed by atoms with Crippen LogP contribution < -0.4 is 0 Å². The van der Waals surface area contributed by atoms with Gasteiger partial charge in [0.2, 0.25) is 5.91 Å². The molecule has 2 bridgehead atoms. The van der Waals surface area contributed by atoms with Crippen molar-refractivity contribution in [2.24, 2.45) is 11.8 Å². The first kappa shape index (κ1) is 16.3. The Bertz CT molecular complexity index is 941. The summed E-state index contributed by atoms with van der Waals surface area (Å²) in [5.41, 5.74) is -0.149. The van der Waals surface area contributed by atoms with Crippen molar-refractivity contribution in [1.82, 2.24) is 4.90 Å². The third-order valence-electron chi connectivity index (χ3n) is 6.02. The number of ether oxygens (including phenoxy) is 1. The highest BCUT2D eigenvalue weighted by molar-refractivity contribution is 5.91. The first-order valence-electron chi connectivity index (χ1n) is 9.07. The number of rotatable bonds is 4. The Hall–Kier alpha value is -2.92. The number of hydrogen-bond acceptors (Lipinski definition) is 3. The molecule has 27 heavy (non-hydrogen) atoms. The smallest absolute Gasteiger partial charge is 0.311 e. The van der Waals surface area contributed by atoms with Crippen LogP contribution in [0.1, 0.15) is 11.1 Å². The van der Waals surface area contributed by atoms with Gasteiger partial charge in [0.05, 0.1) is 12.5 Å². The van der Waals surface area contributed by atoms with Gasteiger partial charge in [-0.1, -0.05) is 66.7 Å². The van der Waals surface area contributed by atoms with Crippen LogP contribution in [-0.4, -0.2) is 34.0 Å². The van der Waals surface area contributed by atoms with Gasteiger partial charge in [0, 0.05) is 6.54 Å². The lowest BCUT2D eigenvalue weighted by molar-refractivity contribution is -0.152. The van der Waals surface area contributed by atoms with Gasteiger partial charge in [-0.25, -0.2) is 0 Å². The van der Waals surface area contributed by atoms with Crippen molar-refractivity contribution in [2.45, 2.75) is 17.7 Å². The number of nitrogens with zero attached hydrogens (tertiary/aromatic N) is 1. The second-order valence-corrected chi connectivity index (χ2v) is 7.52. The Morgan fingerprint density at radius 2 is 1.74 bits per heavy atom. The highest BCUT2D eigenvalue weighted by Gasteiger charge is 2.73. The van der Waals surface area contributed by atoms with Crippen LogP contribution in [0, 0.1) is 11.8 Å². The zero-order chi connectivity index (χ0) is 18.6. The lowest BCUT2D eigenvalue weighted by Crippen LogP contribution is -2.43. The van der Waals surface area contributed by atoms with E-state index >= 15 is 0 Å². The molecule has 2 fully saturated rings. The third kappa shape index (κ3) is 2.15. The molecule has 5 nitrogen and oxygen atoms in total. The predicted molar refractivity (Wildman–Crippen MR) is 97.6 cm³/mol. The molecule has 3 heterocycles. The highest BCUT2D eigenvalue weighted by atomic mass is 16.5. The van der Waals surface area contributed by atoms with Gasteiger partial charge in [0.1, 0.15) is 17.1 Å². The molecule has 4 atom stereocenters. The Kier molecular flexibility index (Phi) is 3.34. The highest BCUT2D eigenvalue weighted by Crippen LogP contribution is 2.61. The number of fused-ring (bicyclic) bond motifs is 1. The summed E-state index contributed by atoms with van der Waals surface area (Å²) in [5, 5.41) is 10.0. The number of hydrogen-bond donors (Lipinski definition) is 1. The number of benzene rings is 2. The zero-order valence-corrected chi connectivity index (χ0v) is 14.6. The molecule has 2 aromatic rings. The van der Waals surface area contributed by atoms with E-state index in [1.807, 2.05) is 72.8 Å². The van der Waals surface area contributed by atoms with Gasteiger partial charge < -0.3 is 14.7 Å². The van der Waals surface area contributed by atoms with Crippen LogP contribution in [0.15, 0.2) is 72.8 Å². The van der Waals surface area contributed by atoms with E-state index in [9.17, 15) is 14.7 Å². The number of carboxylic acids is 1. The molecule has 2 aromatic carbocycles. The van der Waals surface area contributed by atoms with E-state index in [1.54, 1.807) is 4.90 Å². The summed E-state index contributed by atoms with van der Waals surface area (Å²) in [5.74, 6) is -2.78. The van der Waals surface area contributed by atoms with E-state index in [2.05, 4.69) is 0 Å². The van der Waals surface area contributed by atoms with Crippen LogP contribution in [0.2, 0.25) is 0 Å². The van der Waals surface area contributed by atoms with Crippen molar-refractivity contribution in [3.05, 3.63) is 83.9 Å². The molecule has 1 amide bonds. The number of amides is 1. The van der Waals surface area contributed by atoms with Crippen molar-refractivity contribution in [3.8, 4) is 0 Å². The fourth-order valence-electron chi connectivity index (χ4n) is 4.92. The monoisotopic (exact) mass is 361 g/mol. The fourth-order valence-corrected chi connectivity index (χ4v) is 4.92. The summed E-state index contributed by atoms with van der Waals surface area (Å²) < 4.78 is 6.42. The number of carbonyl (C=O) groups excluding carboxylic acids is 1. The van der Waals surface area contributed by atoms with Gasteiger partial charge in [-0.2, -0.15) is 0 Å². The minimum absolute atomic E-state index is 0.145. The number of likely N-dealkylation sites (tertiary alicyclic amines) is 1. The van der Waals surface area contributed by atoms with Gasteiger partial charge in [0.25, 0.3) is 0 Å². The first-order valence-corrected chi connectivity index (χ1v) is 9.07. The van der Waals surface area contributed by atoms with Crippen LogP contribution in [-0.2, 0) is 26.5 Å². The Labute approximate surface area is 156 Å². The largest absolute Gasteiger partial charge is 0.481 e. The summed E-state index contributed by atoms with van der Waals surface area (Å²) in [6.45, 7) is 0.833. The number of carbonyl (C=O) groups is 2. The van der Waals surface area contributed by atoms with Crippen molar-refractivity contribution in [2.75, 3.05) is 6.54 Å². The molecule has 3 aliphatic rings. The Morgan fingerprint density at radius 3 is 2.41 bits per heavy atom. The van der Waals surface area contributed by atoms with Gasteiger partial charge in [0.15, 0.2) is 0 Å². The standard InChI is InChI=1S/C22H19NO4/c24-19-17-18(20(25)26)22(16-9-5-2-6-10-16)12-11-21(17,27-22)14-23(19)13-15-7-3-1-4-8-15/h1-12,17-18H,13-14H2,(H,25,26). The van der Waals surface area contributed by atoms with Crippen molar-refractivity contribution < 1.29 is 19.4 Å². The molecule has 1 N–H and O–H groups in total. The number of carboxylic acid groups (broad SMARTS) is 1. The molecule has 136 valence electrons. The molecule has 0 aromatic heterocycles. The summed E-state index contributed by atoms with van der Waals surface area (Å²) in [6.07, 6.45) is 3.75. The average molecular weight is 361 g/mol. The van der Waals surface area contributed by atoms with Crippen LogP contribution >= 0.6 is 0 Å². The molecule has 1 spiro atoms. The predicted octanol–water partition coefficient (Wildman–Crippen LogP) is 2.58. The molecule has 0 aliphatic carbocycles. The zero-order valence-electron chi connectivity index (χ0n) is 14.6. The van der Waals surface area contributed by atoms with Crippen molar-refractivity contribution >= 4 is 11.9 Å². The van der Waals surface area contributed by atoms with E-state index in [0.29, 0.717) is 13.1 Å². The quantitative estimate of drug-likeness (QED) is 0.850. The van der Waals surface area contributed by atoms with Gasteiger partial charge in [-0.15, -0.1) is 0 Å². The fraction of sp³-hybridized carbons (Fsp3) is 0.273. The topological polar surface area (TPSA) is 66.8 Å². The summed E-state index contributed by atoms with van der Waals surface area (Å²) in [6, 6.07) is 19.1. The van der Waals surface area contributed by atoms with E-state index in [-0.39, 0.29) is 5.91 Å². The molecule has 0 saturated carbocycles. The summed E-state index contributed by atoms with van der Waals surface area (Å²) >= 11 is 0. The van der Waals surface area contributed by atoms with Gasteiger partial charge >= 0.3 is 5.97 Å².